The second-order valence-corrected chi connectivity index (χ2v) is 9.37. The summed E-state index contributed by atoms with van der Waals surface area (Å²) in [6.07, 6.45) is 2.10. The highest BCUT2D eigenvalue weighted by Crippen LogP contribution is 2.37. The van der Waals surface area contributed by atoms with Crippen molar-refractivity contribution in [3.63, 3.8) is 0 Å². The van der Waals surface area contributed by atoms with Crippen LogP contribution in [0.5, 0.6) is 5.75 Å². The van der Waals surface area contributed by atoms with Gasteiger partial charge in [0.1, 0.15) is 23.3 Å². The van der Waals surface area contributed by atoms with Crippen LogP contribution in [0.4, 0.5) is 0 Å². The molecule has 35 heavy (non-hydrogen) atoms. The van der Waals surface area contributed by atoms with Gasteiger partial charge in [-0.1, -0.05) is 12.1 Å². The Morgan fingerprint density at radius 3 is 2.43 bits per heavy atom. The van der Waals surface area contributed by atoms with Crippen LogP contribution in [0.15, 0.2) is 24.3 Å². The SMILES string of the molecule is COC(=O)[C@@H](CC(=O)C1(Cc2ccc(OC)cc2)CCCN1C(=O)[C@@H]1CCCN1)[C@@H](C)OC(C)=O. The predicted octanol–water partition coefficient (Wildman–Crippen LogP) is 2.05. The number of ketones is 1. The standard InChI is InChI=1S/C26H36N2O7/c1-17(35-18(2)29)21(25(32)34-4)15-23(30)26(16-19-8-10-20(33-3)11-9-19)12-6-14-28(26)24(31)22-7-5-13-27-22/h8-11,17,21-22,27H,5-7,12-16H2,1-4H3/t17-,21+,22+,26?/m1/s1. The average molecular weight is 489 g/mol. The van der Waals surface area contributed by atoms with Crippen LogP contribution in [0, 0.1) is 5.92 Å². The third-order valence-corrected chi connectivity index (χ3v) is 7.12. The van der Waals surface area contributed by atoms with Gasteiger partial charge in [-0.25, -0.2) is 0 Å². The fraction of sp³-hybridized carbons (Fsp3) is 0.615. The van der Waals surface area contributed by atoms with Gasteiger partial charge in [-0.3, -0.25) is 19.2 Å². The summed E-state index contributed by atoms with van der Waals surface area (Å²) in [5, 5.41) is 3.25. The maximum atomic E-state index is 14.1. The summed E-state index contributed by atoms with van der Waals surface area (Å²) in [6, 6.07) is 7.12. The molecule has 2 aliphatic heterocycles. The molecule has 2 aliphatic rings. The number of esters is 2. The number of likely N-dealkylation sites (tertiary alicyclic amines) is 1. The molecule has 1 unspecified atom stereocenters. The Bertz CT molecular complexity index is 926. The van der Waals surface area contributed by atoms with E-state index in [0.717, 1.165) is 24.9 Å². The number of carbonyl (C=O) groups excluding carboxylic acids is 4. The van der Waals surface area contributed by atoms with Gasteiger partial charge in [0.05, 0.1) is 20.3 Å². The van der Waals surface area contributed by atoms with Crippen molar-refractivity contribution < 1.29 is 33.4 Å². The number of nitrogens with zero attached hydrogens (tertiary/aromatic N) is 1. The summed E-state index contributed by atoms with van der Waals surface area (Å²) in [7, 11) is 2.83. The van der Waals surface area contributed by atoms with Crippen LogP contribution in [-0.4, -0.2) is 73.5 Å². The molecule has 0 radical (unpaired) electrons. The topological polar surface area (TPSA) is 111 Å². The van der Waals surface area contributed by atoms with Gasteiger partial charge in [0, 0.05) is 26.3 Å². The molecular weight excluding hydrogens is 452 g/mol. The molecule has 2 fully saturated rings. The Kier molecular flexibility index (Phi) is 8.88. The van der Waals surface area contributed by atoms with Crippen LogP contribution in [0.2, 0.25) is 0 Å². The van der Waals surface area contributed by atoms with Crippen molar-refractivity contribution in [1.29, 1.82) is 0 Å². The lowest BCUT2D eigenvalue weighted by atomic mass is 9.79. The summed E-state index contributed by atoms with van der Waals surface area (Å²) >= 11 is 0. The molecule has 1 aromatic carbocycles. The van der Waals surface area contributed by atoms with Gasteiger partial charge >= 0.3 is 11.9 Å². The van der Waals surface area contributed by atoms with Gasteiger partial charge in [-0.2, -0.15) is 0 Å². The number of methoxy groups -OCH3 is 2. The molecule has 2 heterocycles. The molecule has 9 nitrogen and oxygen atoms in total. The van der Waals surface area contributed by atoms with Crippen LogP contribution in [0.3, 0.4) is 0 Å². The first-order valence-corrected chi connectivity index (χ1v) is 12.2. The van der Waals surface area contributed by atoms with E-state index in [1.54, 1.807) is 18.9 Å². The predicted molar refractivity (Wildman–Crippen MR) is 128 cm³/mol. The van der Waals surface area contributed by atoms with Gasteiger partial charge in [-0.05, 0) is 56.8 Å². The van der Waals surface area contributed by atoms with E-state index < -0.39 is 29.5 Å². The Hall–Kier alpha value is -2.94. The smallest absolute Gasteiger partial charge is 0.312 e. The zero-order chi connectivity index (χ0) is 25.6. The lowest BCUT2D eigenvalue weighted by Gasteiger charge is -2.40. The highest BCUT2D eigenvalue weighted by atomic mass is 16.6. The summed E-state index contributed by atoms with van der Waals surface area (Å²) in [5.74, 6) is -1.75. The molecule has 2 saturated heterocycles. The third-order valence-electron chi connectivity index (χ3n) is 7.12. The fourth-order valence-corrected chi connectivity index (χ4v) is 5.26. The lowest BCUT2D eigenvalue weighted by Crippen LogP contribution is -2.58. The van der Waals surface area contributed by atoms with E-state index in [1.807, 2.05) is 24.3 Å². The fourth-order valence-electron chi connectivity index (χ4n) is 5.26. The van der Waals surface area contributed by atoms with Crippen molar-refractivity contribution in [2.75, 3.05) is 27.3 Å². The highest BCUT2D eigenvalue weighted by molar-refractivity contribution is 5.97. The monoisotopic (exact) mass is 488 g/mol. The number of nitrogens with one attached hydrogen (secondary N) is 1. The van der Waals surface area contributed by atoms with E-state index in [0.29, 0.717) is 31.6 Å². The summed E-state index contributed by atoms with van der Waals surface area (Å²) in [4.78, 5) is 53.4. The molecule has 192 valence electrons. The van der Waals surface area contributed by atoms with Gasteiger partial charge in [0.15, 0.2) is 5.78 Å². The number of carbonyl (C=O) groups is 4. The van der Waals surface area contributed by atoms with Gasteiger partial charge in [0.2, 0.25) is 5.91 Å². The van der Waals surface area contributed by atoms with Crippen molar-refractivity contribution >= 4 is 23.6 Å². The minimum Gasteiger partial charge on any atom is -0.497 e. The van der Waals surface area contributed by atoms with Gasteiger partial charge < -0.3 is 24.4 Å². The number of Topliss-reactive ketones (excluding diaryl/α,β-unsaturated/α-hetero) is 1. The first-order chi connectivity index (χ1) is 16.7. The normalized spacial score (nSPS) is 23.4. The molecule has 0 aromatic heterocycles. The lowest BCUT2D eigenvalue weighted by molar-refractivity contribution is -0.160. The number of amides is 1. The quantitative estimate of drug-likeness (QED) is 0.498. The molecule has 1 aromatic rings. The zero-order valence-corrected chi connectivity index (χ0v) is 21.0. The number of hydrogen-bond acceptors (Lipinski definition) is 8. The maximum Gasteiger partial charge on any atom is 0.312 e. The molecule has 0 saturated carbocycles. The molecule has 1 amide bonds. The number of hydrogen-bond donors (Lipinski definition) is 1. The largest absolute Gasteiger partial charge is 0.497 e. The molecular formula is C26H36N2O7. The van der Waals surface area contributed by atoms with Crippen molar-refractivity contribution in [1.82, 2.24) is 10.2 Å². The molecule has 4 atom stereocenters. The van der Waals surface area contributed by atoms with Gasteiger partial charge in [-0.15, -0.1) is 0 Å². The van der Waals surface area contributed by atoms with Crippen LogP contribution in [0.25, 0.3) is 0 Å². The Balaban J connectivity index is 1.95. The number of benzene rings is 1. The Morgan fingerprint density at radius 2 is 1.86 bits per heavy atom. The molecule has 0 bridgehead atoms. The van der Waals surface area contributed by atoms with E-state index in [9.17, 15) is 19.2 Å². The van der Waals surface area contributed by atoms with E-state index in [2.05, 4.69) is 5.32 Å². The van der Waals surface area contributed by atoms with Crippen molar-refractivity contribution in [3.8, 4) is 5.75 Å². The van der Waals surface area contributed by atoms with Crippen LogP contribution in [-0.2, 0) is 35.1 Å². The first kappa shape index (κ1) is 26.7. The molecule has 0 spiro atoms. The first-order valence-electron chi connectivity index (χ1n) is 12.2. The minimum absolute atomic E-state index is 0.0792. The Labute approximate surface area is 206 Å². The number of rotatable bonds is 10. The third kappa shape index (κ3) is 6.01. The summed E-state index contributed by atoms with van der Waals surface area (Å²) in [5.41, 5.74) is -0.209. The zero-order valence-electron chi connectivity index (χ0n) is 21.0. The van der Waals surface area contributed by atoms with E-state index in [1.165, 1.54) is 14.0 Å². The van der Waals surface area contributed by atoms with Crippen molar-refractivity contribution in [3.05, 3.63) is 29.8 Å². The van der Waals surface area contributed by atoms with E-state index >= 15 is 0 Å². The Morgan fingerprint density at radius 1 is 1.14 bits per heavy atom. The van der Waals surface area contributed by atoms with Gasteiger partial charge in [0.25, 0.3) is 0 Å². The summed E-state index contributed by atoms with van der Waals surface area (Å²) in [6.45, 7) is 4.07. The molecule has 0 aliphatic carbocycles. The number of ether oxygens (including phenoxy) is 3. The highest BCUT2D eigenvalue weighted by Gasteiger charge is 2.51. The summed E-state index contributed by atoms with van der Waals surface area (Å²) < 4.78 is 15.4. The molecule has 3 rings (SSSR count). The van der Waals surface area contributed by atoms with Crippen molar-refractivity contribution in [2.45, 2.75) is 70.1 Å². The molecule has 1 N–H and O–H groups in total. The second-order valence-electron chi connectivity index (χ2n) is 9.37. The van der Waals surface area contributed by atoms with Crippen LogP contribution < -0.4 is 10.1 Å². The second kappa shape index (κ2) is 11.7. The maximum absolute atomic E-state index is 14.1. The van der Waals surface area contributed by atoms with Crippen molar-refractivity contribution in [2.24, 2.45) is 5.92 Å². The van der Waals surface area contributed by atoms with E-state index in [-0.39, 0.29) is 24.2 Å². The van der Waals surface area contributed by atoms with E-state index in [4.69, 9.17) is 14.2 Å². The molecule has 9 heteroatoms. The average Bonchev–Trinajstić information content (AvgIpc) is 3.52. The van der Waals surface area contributed by atoms with Crippen LogP contribution >= 0.6 is 0 Å². The van der Waals surface area contributed by atoms with Crippen LogP contribution in [0.1, 0.15) is 51.5 Å². The minimum atomic E-state index is -1.10.